The summed E-state index contributed by atoms with van der Waals surface area (Å²) in [5, 5.41) is 5.07. The Hall–Kier alpha value is -3.58. The van der Waals surface area contributed by atoms with Gasteiger partial charge in [0.15, 0.2) is 0 Å². The van der Waals surface area contributed by atoms with Crippen LogP contribution in [0.4, 0.5) is 17.1 Å². The van der Waals surface area contributed by atoms with E-state index < -0.39 is 0 Å². The van der Waals surface area contributed by atoms with Crippen molar-refractivity contribution in [2.75, 3.05) is 35.3 Å². The normalized spacial score (nSPS) is 16.3. The number of nitrogens with one attached hydrogen (secondary N) is 1. The molecule has 0 bridgehead atoms. The van der Waals surface area contributed by atoms with Crippen LogP contribution in [0.5, 0.6) is 5.75 Å². The van der Waals surface area contributed by atoms with Crippen LogP contribution in [-0.2, 0) is 9.59 Å². The molecule has 0 unspecified atom stereocenters. The molecule has 0 aliphatic carbocycles. The van der Waals surface area contributed by atoms with Crippen molar-refractivity contribution in [3.63, 3.8) is 0 Å². The lowest BCUT2D eigenvalue weighted by Crippen LogP contribution is -2.32. The van der Waals surface area contributed by atoms with E-state index in [1.165, 1.54) is 29.1 Å². The van der Waals surface area contributed by atoms with Gasteiger partial charge in [0.05, 0.1) is 24.1 Å². The number of hydrogen-bond acceptors (Lipinski definition) is 6. The molecule has 2 amide bonds. The van der Waals surface area contributed by atoms with Crippen molar-refractivity contribution in [3.8, 4) is 5.75 Å². The van der Waals surface area contributed by atoms with E-state index in [0.717, 1.165) is 23.7 Å². The molecule has 3 aromatic rings. The average Bonchev–Trinajstić information content (AvgIpc) is 3.57. The summed E-state index contributed by atoms with van der Waals surface area (Å²) in [6.07, 6.45) is 2.38. The summed E-state index contributed by atoms with van der Waals surface area (Å²) in [4.78, 5) is 31.3. The quantitative estimate of drug-likeness (QED) is 0.555. The Bertz CT molecular complexity index is 1180. The van der Waals surface area contributed by atoms with Gasteiger partial charge < -0.3 is 15.0 Å². The topological polar surface area (TPSA) is 61.9 Å². The Labute approximate surface area is 190 Å². The summed E-state index contributed by atoms with van der Waals surface area (Å²) in [6, 6.07) is 18.7. The molecule has 32 heavy (non-hydrogen) atoms. The molecule has 3 heterocycles. The van der Waals surface area contributed by atoms with Gasteiger partial charge in [0.1, 0.15) is 11.4 Å². The van der Waals surface area contributed by atoms with Crippen LogP contribution >= 0.6 is 11.3 Å². The van der Waals surface area contributed by atoms with Gasteiger partial charge in [0, 0.05) is 23.7 Å². The molecule has 1 saturated heterocycles. The van der Waals surface area contributed by atoms with E-state index in [4.69, 9.17) is 4.74 Å². The summed E-state index contributed by atoms with van der Waals surface area (Å²) in [7, 11) is 1.57. The van der Waals surface area contributed by atoms with Crippen LogP contribution in [0.1, 0.15) is 17.7 Å². The number of benzene rings is 2. The van der Waals surface area contributed by atoms with Gasteiger partial charge in [-0.05, 0) is 60.7 Å². The lowest BCUT2D eigenvalue weighted by atomic mass is 10.1. The highest BCUT2D eigenvalue weighted by molar-refractivity contribution is 7.11. The fourth-order valence-electron chi connectivity index (χ4n) is 4.20. The Morgan fingerprint density at radius 1 is 0.875 bits per heavy atom. The van der Waals surface area contributed by atoms with Crippen LogP contribution in [0.15, 0.2) is 71.7 Å². The van der Waals surface area contributed by atoms with Gasteiger partial charge in [-0.2, -0.15) is 0 Å². The standard InChI is InChI=1S/C25H23N3O3S/c1-31-20-8-3-2-7-19(20)26-23-22(21-9-6-16-32-21)24(29)28(25(23)30)18-12-10-17(11-13-18)27-14-4-5-15-27/h2-3,6-13,16,26H,4-5,14-15H2,1H3. The molecule has 0 radical (unpaired) electrons. The first-order valence-corrected chi connectivity index (χ1v) is 11.5. The van der Waals surface area contributed by atoms with Crippen LogP contribution in [0, 0.1) is 0 Å². The summed E-state index contributed by atoms with van der Waals surface area (Å²) in [5.41, 5.74) is 2.94. The van der Waals surface area contributed by atoms with Crippen molar-refractivity contribution in [2.45, 2.75) is 12.8 Å². The average molecular weight is 446 g/mol. The van der Waals surface area contributed by atoms with Gasteiger partial charge in [0.2, 0.25) is 0 Å². The first kappa shape index (κ1) is 20.3. The van der Waals surface area contributed by atoms with Crippen molar-refractivity contribution in [1.29, 1.82) is 0 Å². The summed E-state index contributed by atoms with van der Waals surface area (Å²) < 4.78 is 5.42. The van der Waals surface area contributed by atoms with Crippen LogP contribution in [0.3, 0.4) is 0 Å². The highest BCUT2D eigenvalue weighted by atomic mass is 32.1. The zero-order valence-electron chi connectivity index (χ0n) is 17.7. The molecule has 162 valence electrons. The summed E-state index contributed by atoms with van der Waals surface area (Å²) >= 11 is 1.43. The van der Waals surface area contributed by atoms with Crippen molar-refractivity contribution >= 4 is 45.8 Å². The predicted octanol–water partition coefficient (Wildman–Crippen LogP) is 4.75. The van der Waals surface area contributed by atoms with Gasteiger partial charge >= 0.3 is 0 Å². The number of carbonyl (C=O) groups excluding carboxylic acids is 2. The molecule has 1 N–H and O–H groups in total. The zero-order valence-corrected chi connectivity index (χ0v) is 18.5. The molecular formula is C25H23N3O3S. The molecular weight excluding hydrogens is 422 g/mol. The summed E-state index contributed by atoms with van der Waals surface area (Å²) in [5.74, 6) is -0.110. The smallest absolute Gasteiger partial charge is 0.282 e. The van der Waals surface area contributed by atoms with E-state index in [0.29, 0.717) is 22.7 Å². The highest BCUT2D eigenvalue weighted by Crippen LogP contribution is 2.37. The summed E-state index contributed by atoms with van der Waals surface area (Å²) in [6.45, 7) is 2.08. The maximum Gasteiger partial charge on any atom is 0.282 e. The third kappa shape index (κ3) is 3.54. The number of rotatable bonds is 6. The monoisotopic (exact) mass is 445 g/mol. The maximum atomic E-state index is 13.5. The van der Waals surface area contributed by atoms with E-state index in [1.807, 2.05) is 66.0 Å². The second kappa shape index (κ2) is 8.51. The van der Waals surface area contributed by atoms with Gasteiger partial charge in [0.25, 0.3) is 11.8 Å². The van der Waals surface area contributed by atoms with E-state index >= 15 is 0 Å². The molecule has 1 aromatic heterocycles. The second-order valence-electron chi connectivity index (χ2n) is 7.71. The van der Waals surface area contributed by atoms with Crippen molar-refractivity contribution < 1.29 is 14.3 Å². The van der Waals surface area contributed by atoms with Crippen molar-refractivity contribution in [1.82, 2.24) is 0 Å². The molecule has 6 nitrogen and oxygen atoms in total. The van der Waals surface area contributed by atoms with E-state index in [9.17, 15) is 9.59 Å². The first-order chi connectivity index (χ1) is 15.7. The van der Waals surface area contributed by atoms with E-state index in [1.54, 1.807) is 7.11 Å². The number of nitrogens with zero attached hydrogens (tertiary/aromatic N) is 2. The van der Waals surface area contributed by atoms with Crippen LogP contribution in [0.25, 0.3) is 5.57 Å². The molecule has 0 saturated carbocycles. The number of hydrogen-bond donors (Lipinski definition) is 1. The molecule has 7 heteroatoms. The number of amides is 2. The largest absolute Gasteiger partial charge is 0.495 e. The first-order valence-electron chi connectivity index (χ1n) is 10.6. The number of imide groups is 1. The molecule has 0 spiro atoms. The van der Waals surface area contributed by atoms with Crippen molar-refractivity contribution in [3.05, 3.63) is 76.6 Å². The Morgan fingerprint density at radius 3 is 2.28 bits per heavy atom. The molecule has 2 aromatic carbocycles. The number of para-hydroxylation sites is 2. The predicted molar refractivity (Wildman–Crippen MR) is 128 cm³/mol. The zero-order chi connectivity index (χ0) is 22.1. The molecule has 0 atom stereocenters. The number of anilines is 3. The molecule has 5 rings (SSSR count). The molecule has 2 aliphatic rings. The Kier molecular flexibility index (Phi) is 5.41. The lowest BCUT2D eigenvalue weighted by molar-refractivity contribution is -0.120. The lowest BCUT2D eigenvalue weighted by Gasteiger charge is -2.20. The SMILES string of the molecule is COc1ccccc1NC1=C(c2cccs2)C(=O)N(c2ccc(N3CCCC3)cc2)C1=O. The third-order valence-corrected chi connectivity index (χ3v) is 6.68. The minimum atomic E-state index is -0.377. The number of ether oxygens (including phenoxy) is 1. The number of methoxy groups -OCH3 is 1. The number of thiophene rings is 1. The van der Waals surface area contributed by atoms with Gasteiger partial charge in [-0.25, -0.2) is 4.90 Å². The number of carbonyl (C=O) groups is 2. The van der Waals surface area contributed by atoms with Crippen molar-refractivity contribution in [2.24, 2.45) is 0 Å². The second-order valence-corrected chi connectivity index (χ2v) is 8.66. The Balaban J connectivity index is 1.51. The third-order valence-electron chi connectivity index (χ3n) is 5.80. The maximum absolute atomic E-state index is 13.5. The van der Waals surface area contributed by atoms with Gasteiger partial charge in [-0.3, -0.25) is 9.59 Å². The fraction of sp³-hybridized carbons (Fsp3) is 0.200. The van der Waals surface area contributed by atoms with E-state index in [2.05, 4.69) is 10.2 Å². The highest BCUT2D eigenvalue weighted by Gasteiger charge is 2.41. The van der Waals surface area contributed by atoms with Crippen LogP contribution in [-0.4, -0.2) is 32.0 Å². The minimum Gasteiger partial charge on any atom is -0.495 e. The van der Waals surface area contributed by atoms with E-state index in [-0.39, 0.29) is 17.5 Å². The molecule has 1 fully saturated rings. The Morgan fingerprint density at radius 2 is 1.59 bits per heavy atom. The van der Waals surface area contributed by atoms with Crippen LogP contribution < -0.4 is 19.9 Å². The van der Waals surface area contributed by atoms with Gasteiger partial charge in [-0.1, -0.05) is 18.2 Å². The van der Waals surface area contributed by atoms with Crippen LogP contribution in [0.2, 0.25) is 0 Å². The molecule has 2 aliphatic heterocycles. The van der Waals surface area contributed by atoms with Gasteiger partial charge in [-0.15, -0.1) is 11.3 Å². The fourth-order valence-corrected chi connectivity index (χ4v) is 4.97. The minimum absolute atomic E-state index is 0.255.